The lowest BCUT2D eigenvalue weighted by molar-refractivity contribution is 0.0757. The van der Waals surface area contributed by atoms with Crippen LogP contribution in [0, 0.1) is 0 Å². The third-order valence-electron chi connectivity index (χ3n) is 4.91. The summed E-state index contributed by atoms with van der Waals surface area (Å²) in [6.07, 6.45) is -0.443. The molecule has 0 radical (unpaired) electrons. The zero-order chi connectivity index (χ0) is 21.1. The molecule has 3 aromatic rings. The summed E-state index contributed by atoms with van der Waals surface area (Å²) in [7, 11) is 0. The van der Waals surface area contributed by atoms with Crippen LogP contribution in [-0.2, 0) is 0 Å². The lowest BCUT2D eigenvalue weighted by atomic mass is 10.0. The van der Waals surface area contributed by atoms with Gasteiger partial charge in [0.1, 0.15) is 0 Å². The number of nitrogens with zero attached hydrogens (tertiary/aromatic N) is 3. The first-order valence-corrected chi connectivity index (χ1v) is 10.2. The lowest BCUT2D eigenvalue weighted by Crippen LogP contribution is -2.30. The molecule has 6 nitrogen and oxygen atoms in total. The quantitative estimate of drug-likeness (QED) is 0.640. The van der Waals surface area contributed by atoms with Crippen molar-refractivity contribution < 1.29 is 14.6 Å². The van der Waals surface area contributed by atoms with E-state index in [0.717, 1.165) is 11.1 Å². The number of ether oxygens (including phenoxy) is 1. The molecule has 1 aromatic heterocycles. The van der Waals surface area contributed by atoms with Gasteiger partial charge in [0.25, 0.3) is 5.91 Å². The largest absolute Gasteiger partial charge is 0.463 e. The van der Waals surface area contributed by atoms with Crippen molar-refractivity contribution in [1.82, 2.24) is 15.1 Å². The number of amides is 1. The molecular weight excluding hydrogens is 425 g/mol. The predicted octanol–water partition coefficient (Wildman–Crippen LogP) is 4.16. The number of carbonyl (C=O) groups excluding carboxylic acids is 1. The first-order chi connectivity index (χ1) is 14.5. The molecule has 2 atom stereocenters. The smallest absolute Gasteiger partial charge is 0.274 e. The van der Waals surface area contributed by atoms with Crippen LogP contribution in [0.15, 0.2) is 60.7 Å². The molecule has 30 heavy (non-hydrogen) atoms. The number of benzene rings is 2. The average Bonchev–Trinajstić information content (AvgIpc) is 3.20. The highest BCUT2D eigenvalue weighted by atomic mass is 35.5. The first-order valence-electron chi connectivity index (χ1n) is 9.49. The number of hydrogen-bond acceptors (Lipinski definition) is 5. The molecule has 0 bridgehead atoms. The zero-order valence-electron chi connectivity index (χ0n) is 15.9. The molecule has 2 heterocycles. The SMILES string of the molecule is O=C(c1ccc(OC(c2ccc(Cl)cc2)c2ccccc2Cl)nn1)N1CCC(O)C1. The highest BCUT2D eigenvalue weighted by Gasteiger charge is 2.27. The van der Waals surface area contributed by atoms with Gasteiger partial charge in [-0.2, -0.15) is 0 Å². The fraction of sp³-hybridized carbons (Fsp3) is 0.227. The van der Waals surface area contributed by atoms with Gasteiger partial charge in [-0.25, -0.2) is 0 Å². The minimum absolute atomic E-state index is 0.206. The van der Waals surface area contributed by atoms with Crippen LogP contribution in [-0.4, -0.2) is 45.3 Å². The third kappa shape index (κ3) is 4.56. The minimum atomic E-state index is -0.527. The second kappa shape index (κ2) is 9.00. The molecule has 1 N–H and O–H groups in total. The number of rotatable bonds is 5. The number of aliphatic hydroxyl groups is 1. The summed E-state index contributed by atoms with van der Waals surface area (Å²) in [5, 5.41) is 18.9. The number of hydrogen-bond donors (Lipinski definition) is 1. The Morgan fingerprint density at radius 3 is 2.47 bits per heavy atom. The summed E-state index contributed by atoms with van der Waals surface area (Å²) < 4.78 is 6.12. The van der Waals surface area contributed by atoms with E-state index < -0.39 is 12.2 Å². The van der Waals surface area contributed by atoms with E-state index in [1.807, 2.05) is 30.3 Å². The summed E-state index contributed by atoms with van der Waals surface area (Å²) in [5.74, 6) is -0.00108. The molecule has 1 aliphatic rings. The van der Waals surface area contributed by atoms with Crippen LogP contribution in [0.1, 0.15) is 34.1 Å². The van der Waals surface area contributed by atoms with E-state index in [9.17, 15) is 9.90 Å². The van der Waals surface area contributed by atoms with E-state index >= 15 is 0 Å². The molecule has 1 saturated heterocycles. The molecule has 2 unspecified atom stereocenters. The molecule has 0 aliphatic carbocycles. The Morgan fingerprint density at radius 2 is 1.83 bits per heavy atom. The summed E-state index contributed by atoms with van der Waals surface area (Å²) in [6.45, 7) is 0.814. The Morgan fingerprint density at radius 1 is 1.07 bits per heavy atom. The van der Waals surface area contributed by atoms with Gasteiger partial charge in [-0.3, -0.25) is 4.79 Å². The Balaban J connectivity index is 1.58. The number of likely N-dealkylation sites (tertiary alicyclic amines) is 1. The van der Waals surface area contributed by atoms with Gasteiger partial charge in [0.2, 0.25) is 5.88 Å². The number of β-amino-alcohol motifs (C(OH)–C–C–N with tert-alkyl or cyclic N) is 1. The lowest BCUT2D eigenvalue weighted by Gasteiger charge is -2.20. The molecule has 0 saturated carbocycles. The zero-order valence-corrected chi connectivity index (χ0v) is 17.4. The van der Waals surface area contributed by atoms with Gasteiger partial charge in [0, 0.05) is 34.8 Å². The molecule has 8 heteroatoms. The molecule has 1 fully saturated rings. The van der Waals surface area contributed by atoms with Crippen molar-refractivity contribution in [2.24, 2.45) is 0 Å². The second-order valence-electron chi connectivity index (χ2n) is 7.02. The average molecular weight is 444 g/mol. The van der Waals surface area contributed by atoms with Gasteiger partial charge in [-0.1, -0.05) is 53.5 Å². The molecule has 4 rings (SSSR count). The standard InChI is InChI=1S/C22H19Cl2N3O3/c23-15-7-5-14(6-8-15)21(17-3-1-2-4-18(17)24)30-20-10-9-19(25-26-20)22(29)27-12-11-16(28)13-27/h1-10,16,21,28H,11-13H2. The number of halogens is 2. The molecule has 1 amide bonds. The summed E-state index contributed by atoms with van der Waals surface area (Å²) in [4.78, 5) is 14.1. The Kier molecular flexibility index (Phi) is 6.18. The summed E-state index contributed by atoms with van der Waals surface area (Å²) >= 11 is 12.4. The van der Waals surface area contributed by atoms with Gasteiger partial charge >= 0.3 is 0 Å². The van der Waals surface area contributed by atoms with E-state index in [-0.39, 0.29) is 17.5 Å². The molecule has 0 spiro atoms. The van der Waals surface area contributed by atoms with Crippen molar-refractivity contribution in [3.63, 3.8) is 0 Å². The van der Waals surface area contributed by atoms with E-state index in [2.05, 4.69) is 10.2 Å². The van der Waals surface area contributed by atoms with E-state index in [1.165, 1.54) is 0 Å². The summed E-state index contributed by atoms with van der Waals surface area (Å²) in [6, 6.07) is 17.9. The van der Waals surface area contributed by atoms with Gasteiger partial charge in [0.05, 0.1) is 6.10 Å². The van der Waals surface area contributed by atoms with Crippen molar-refractivity contribution >= 4 is 29.1 Å². The van der Waals surface area contributed by atoms with Gasteiger partial charge in [-0.15, -0.1) is 10.2 Å². The Labute approximate surface area is 184 Å². The summed E-state index contributed by atoms with van der Waals surface area (Å²) in [5.41, 5.74) is 1.83. The first kappa shape index (κ1) is 20.6. The minimum Gasteiger partial charge on any atom is -0.463 e. The maximum Gasteiger partial charge on any atom is 0.274 e. The van der Waals surface area contributed by atoms with Crippen molar-refractivity contribution in [2.75, 3.05) is 13.1 Å². The van der Waals surface area contributed by atoms with Crippen LogP contribution < -0.4 is 4.74 Å². The van der Waals surface area contributed by atoms with E-state index in [4.69, 9.17) is 27.9 Å². The van der Waals surface area contributed by atoms with Crippen molar-refractivity contribution in [1.29, 1.82) is 0 Å². The molecule has 1 aliphatic heterocycles. The van der Waals surface area contributed by atoms with E-state index in [0.29, 0.717) is 29.6 Å². The van der Waals surface area contributed by atoms with Crippen LogP contribution >= 0.6 is 23.2 Å². The second-order valence-corrected chi connectivity index (χ2v) is 7.87. The normalized spacial score (nSPS) is 17.0. The van der Waals surface area contributed by atoms with E-state index in [1.54, 1.807) is 35.2 Å². The van der Waals surface area contributed by atoms with Crippen LogP contribution in [0.25, 0.3) is 0 Å². The highest BCUT2D eigenvalue weighted by Crippen LogP contribution is 2.32. The maximum atomic E-state index is 12.5. The predicted molar refractivity (Wildman–Crippen MR) is 114 cm³/mol. The molecule has 2 aromatic carbocycles. The number of aromatic nitrogens is 2. The Bertz CT molecular complexity index is 1030. The third-order valence-corrected chi connectivity index (χ3v) is 5.51. The van der Waals surface area contributed by atoms with Crippen LogP contribution in [0.5, 0.6) is 5.88 Å². The number of aliphatic hydroxyl groups excluding tert-OH is 1. The van der Waals surface area contributed by atoms with Gasteiger partial charge < -0.3 is 14.7 Å². The van der Waals surface area contributed by atoms with Crippen molar-refractivity contribution in [3.05, 3.63) is 87.5 Å². The molecular formula is C22H19Cl2N3O3. The van der Waals surface area contributed by atoms with Crippen LogP contribution in [0.4, 0.5) is 0 Å². The van der Waals surface area contributed by atoms with Crippen molar-refractivity contribution in [3.8, 4) is 5.88 Å². The molecule has 154 valence electrons. The topological polar surface area (TPSA) is 75.5 Å². The number of carbonyl (C=O) groups is 1. The maximum absolute atomic E-state index is 12.5. The van der Waals surface area contributed by atoms with Crippen molar-refractivity contribution in [2.45, 2.75) is 18.6 Å². The highest BCUT2D eigenvalue weighted by molar-refractivity contribution is 6.31. The Hall–Kier alpha value is -2.67. The van der Waals surface area contributed by atoms with Crippen LogP contribution in [0.2, 0.25) is 10.0 Å². The van der Waals surface area contributed by atoms with Crippen LogP contribution in [0.3, 0.4) is 0 Å². The van der Waals surface area contributed by atoms with Gasteiger partial charge in [0.15, 0.2) is 11.8 Å². The fourth-order valence-electron chi connectivity index (χ4n) is 3.34. The fourth-order valence-corrected chi connectivity index (χ4v) is 3.70. The monoisotopic (exact) mass is 443 g/mol. The van der Waals surface area contributed by atoms with Gasteiger partial charge in [-0.05, 0) is 36.2 Å².